The highest BCUT2D eigenvalue weighted by atomic mass is 16.6. The Morgan fingerprint density at radius 1 is 0.875 bits per heavy atom. The number of carbonyl (C=O) groups excluding carboxylic acids is 4. The van der Waals surface area contributed by atoms with Gasteiger partial charge >= 0.3 is 12.2 Å². The molecule has 10 heteroatoms. The lowest BCUT2D eigenvalue weighted by atomic mass is 10.1. The summed E-state index contributed by atoms with van der Waals surface area (Å²) in [5.41, 5.74) is 4.66. The third-order valence-electron chi connectivity index (χ3n) is 4.12. The van der Waals surface area contributed by atoms with E-state index in [0.717, 1.165) is 5.56 Å². The molecule has 4 N–H and O–H groups in total. The predicted octanol–water partition coefficient (Wildman–Crippen LogP) is 2.53. The van der Waals surface area contributed by atoms with Crippen molar-refractivity contribution in [2.45, 2.75) is 78.2 Å². The first-order valence-electron chi connectivity index (χ1n) is 10.6. The Hall–Kier alpha value is -3.30. The summed E-state index contributed by atoms with van der Waals surface area (Å²) in [6.45, 7) is 8.75. The van der Waals surface area contributed by atoms with Gasteiger partial charge < -0.3 is 20.1 Å². The third-order valence-corrected chi connectivity index (χ3v) is 4.12. The summed E-state index contributed by atoms with van der Waals surface area (Å²) < 4.78 is 10.3. The minimum absolute atomic E-state index is 0.0678. The van der Waals surface area contributed by atoms with Crippen LogP contribution in [-0.4, -0.2) is 41.7 Å². The van der Waals surface area contributed by atoms with E-state index in [1.807, 2.05) is 37.3 Å². The van der Waals surface area contributed by atoms with Crippen molar-refractivity contribution in [3.63, 3.8) is 0 Å². The summed E-state index contributed by atoms with van der Waals surface area (Å²) in [5, 5.41) is 4.95. The highest BCUT2D eigenvalue weighted by Gasteiger charge is 2.25. The molecule has 32 heavy (non-hydrogen) atoms. The minimum atomic E-state index is -0.904. The van der Waals surface area contributed by atoms with E-state index in [0.29, 0.717) is 12.8 Å². The van der Waals surface area contributed by atoms with Gasteiger partial charge in [-0.2, -0.15) is 0 Å². The molecular formula is C22H34N4O6. The molecule has 0 aromatic heterocycles. The quantitative estimate of drug-likeness (QED) is 0.427. The number of ether oxygens (including phenoxy) is 2. The number of hydrazine groups is 1. The van der Waals surface area contributed by atoms with E-state index in [1.54, 1.807) is 27.7 Å². The van der Waals surface area contributed by atoms with E-state index in [4.69, 9.17) is 9.47 Å². The first kappa shape index (κ1) is 26.7. The average molecular weight is 451 g/mol. The maximum Gasteiger partial charge on any atom is 0.408 e. The van der Waals surface area contributed by atoms with Crippen LogP contribution in [0.25, 0.3) is 0 Å². The van der Waals surface area contributed by atoms with Crippen molar-refractivity contribution in [2.24, 2.45) is 0 Å². The summed E-state index contributed by atoms with van der Waals surface area (Å²) in [4.78, 5) is 48.8. The van der Waals surface area contributed by atoms with Crippen molar-refractivity contribution in [1.29, 1.82) is 0 Å². The fourth-order valence-electron chi connectivity index (χ4n) is 2.56. The van der Waals surface area contributed by atoms with Gasteiger partial charge in [-0.15, -0.1) is 0 Å². The second-order valence-electron chi connectivity index (χ2n) is 8.13. The van der Waals surface area contributed by atoms with E-state index < -0.39 is 41.7 Å². The van der Waals surface area contributed by atoms with Crippen LogP contribution in [0.5, 0.6) is 0 Å². The molecule has 1 aromatic carbocycles. The number of rotatable bonds is 9. The van der Waals surface area contributed by atoms with E-state index in [9.17, 15) is 19.2 Å². The van der Waals surface area contributed by atoms with Gasteiger partial charge in [-0.3, -0.25) is 20.4 Å². The molecule has 0 bridgehead atoms. The second kappa shape index (κ2) is 13.2. The van der Waals surface area contributed by atoms with Gasteiger partial charge in [0.05, 0.1) is 0 Å². The van der Waals surface area contributed by atoms with Crippen molar-refractivity contribution < 1.29 is 28.7 Å². The summed E-state index contributed by atoms with van der Waals surface area (Å²) >= 11 is 0. The number of carbonyl (C=O) groups is 4. The maximum absolute atomic E-state index is 12.5. The largest absolute Gasteiger partial charge is 0.445 e. The van der Waals surface area contributed by atoms with E-state index in [1.165, 1.54) is 0 Å². The van der Waals surface area contributed by atoms with Crippen LogP contribution in [0.15, 0.2) is 30.3 Å². The summed E-state index contributed by atoms with van der Waals surface area (Å²) in [7, 11) is 0. The van der Waals surface area contributed by atoms with Gasteiger partial charge in [-0.1, -0.05) is 50.6 Å². The predicted molar refractivity (Wildman–Crippen MR) is 118 cm³/mol. The molecule has 0 aliphatic heterocycles. The summed E-state index contributed by atoms with van der Waals surface area (Å²) in [6, 6.07) is 7.33. The lowest BCUT2D eigenvalue weighted by molar-refractivity contribution is -0.131. The highest BCUT2D eigenvalue weighted by molar-refractivity contribution is 5.90. The van der Waals surface area contributed by atoms with Gasteiger partial charge in [0.2, 0.25) is 0 Å². The molecule has 0 fully saturated rings. The van der Waals surface area contributed by atoms with Crippen molar-refractivity contribution in [3.8, 4) is 0 Å². The van der Waals surface area contributed by atoms with Gasteiger partial charge in [0.15, 0.2) is 0 Å². The van der Waals surface area contributed by atoms with Gasteiger partial charge in [-0.05, 0) is 39.2 Å². The Kier molecular flexibility index (Phi) is 11.0. The Bertz CT molecular complexity index is 763. The van der Waals surface area contributed by atoms with Crippen LogP contribution in [0.3, 0.4) is 0 Å². The van der Waals surface area contributed by atoms with Gasteiger partial charge in [-0.25, -0.2) is 9.59 Å². The van der Waals surface area contributed by atoms with Crippen molar-refractivity contribution >= 4 is 24.0 Å². The van der Waals surface area contributed by atoms with Gasteiger partial charge in [0.1, 0.15) is 24.3 Å². The number of hydrogen-bond acceptors (Lipinski definition) is 6. The zero-order chi connectivity index (χ0) is 24.1. The lowest BCUT2D eigenvalue weighted by Gasteiger charge is -2.23. The smallest absolute Gasteiger partial charge is 0.408 e. The van der Waals surface area contributed by atoms with Crippen LogP contribution >= 0.6 is 0 Å². The van der Waals surface area contributed by atoms with Crippen molar-refractivity contribution in [2.75, 3.05) is 0 Å². The molecule has 0 aliphatic rings. The minimum Gasteiger partial charge on any atom is -0.445 e. The van der Waals surface area contributed by atoms with Crippen molar-refractivity contribution in [3.05, 3.63) is 35.9 Å². The summed E-state index contributed by atoms with van der Waals surface area (Å²) in [6.07, 6.45) is -0.244. The topological polar surface area (TPSA) is 135 Å². The Labute approximate surface area is 188 Å². The van der Waals surface area contributed by atoms with Crippen LogP contribution in [0.1, 0.15) is 59.4 Å². The molecule has 0 aliphatic carbocycles. The SMILES string of the molecule is CCC[C@H](NC(=O)OCc1ccccc1)C(=O)NNC(=O)[C@H](CC)NC(=O)OC(C)(C)C. The molecule has 4 amide bonds. The zero-order valence-corrected chi connectivity index (χ0v) is 19.3. The normalized spacial score (nSPS) is 12.7. The molecule has 0 heterocycles. The van der Waals surface area contributed by atoms with Crippen LogP contribution in [-0.2, 0) is 25.7 Å². The lowest BCUT2D eigenvalue weighted by Crippen LogP contribution is -2.56. The number of amides is 4. The van der Waals surface area contributed by atoms with Crippen LogP contribution in [0.4, 0.5) is 9.59 Å². The highest BCUT2D eigenvalue weighted by Crippen LogP contribution is 2.07. The molecule has 1 aromatic rings. The monoisotopic (exact) mass is 450 g/mol. The molecule has 1 rings (SSSR count). The molecule has 0 radical (unpaired) electrons. The maximum atomic E-state index is 12.5. The Morgan fingerprint density at radius 2 is 1.44 bits per heavy atom. The summed E-state index contributed by atoms with van der Waals surface area (Å²) in [5.74, 6) is -1.22. The van der Waals surface area contributed by atoms with Gasteiger partial charge in [0.25, 0.3) is 11.8 Å². The fraction of sp³-hybridized carbons (Fsp3) is 0.545. The van der Waals surface area contributed by atoms with Crippen LogP contribution in [0, 0.1) is 0 Å². The van der Waals surface area contributed by atoms with Crippen molar-refractivity contribution in [1.82, 2.24) is 21.5 Å². The number of nitrogens with one attached hydrogen (secondary N) is 4. The van der Waals surface area contributed by atoms with Gasteiger partial charge in [0, 0.05) is 0 Å². The van der Waals surface area contributed by atoms with Crippen LogP contribution in [0.2, 0.25) is 0 Å². The zero-order valence-electron chi connectivity index (χ0n) is 19.3. The first-order chi connectivity index (χ1) is 15.1. The fourth-order valence-corrected chi connectivity index (χ4v) is 2.56. The Morgan fingerprint density at radius 3 is 1.97 bits per heavy atom. The molecule has 10 nitrogen and oxygen atoms in total. The molecule has 178 valence electrons. The van der Waals surface area contributed by atoms with E-state index in [2.05, 4.69) is 21.5 Å². The van der Waals surface area contributed by atoms with E-state index in [-0.39, 0.29) is 13.0 Å². The number of alkyl carbamates (subject to hydrolysis) is 2. The number of benzene rings is 1. The standard InChI is InChI=1S/C22H34N4O6/c1-6-11-17(24-20(29)31-14-15-12-9-8-10-13-15)19(28)26-25-18(27)16(7-2)23-21(30)32-22(3,4)5/h8-10,12-13,16-17H,6-7,11,14H2,1-5H3,(H,23,30)(H,24,29)(H,25,27)(H,26,28)/t16-,17-/m0/s1. The molecule has 0 saturated heterocycles. The van der Waals surface area contributed by atoms with E-state index >= 15 is 0 Å². The molecular weight excluding hydrogens is 416 g/mol. The molecule has 2 atom stereocenters. The van der Waals surface area contributed by atoms with Crippen LogP contribution < -0.4 is 21.5 Å². The molecule has 0 unspecified atom stereocenters. The molecule has 0 saturated carbocycles. The Balaban J connectivity index is 2.54. The number of hydrogen-bond donors (Lipinski definition) is 4. The average Bonchev–Trinajstić information content (AvgIpc) is 2.73. The first-order valence-corrected chi connectivity index (χ1v) is 10.6. The molecule has 0 spiro atoms. The second-order valence-corrected chi connectivity index (χ2v) is 8.13. The third kappa shape index (κ3) is 10.6.